The minimum Gasteiger partial charge on any atom is -0.461 e. The summed E-state index contributed by atoms with van der Waals surface area (Å²) < 4.78 is 10.7. The molecule has 0 N–H and O–H groups in total. The third-order valence-electron chi connectivity index (χ3n) is 4.04. The van der Waals surface area contributed by atoms with Crippen LogP contribution in [0.5, 0.6) is 0 Å². The Morgan fingerprint density at radius 1 is 1.16 bits per heavy atom. The predicted molar refractivity (Wildman–Crippen MR) is 93.3 cm³/mol. The number of nitrogens with zero attached hydrogens (tertiary/aromatic N) is 2. The molecule has 7 heteroatoms. The van der Waals surface area contributed by atoms with Gasteiger partial charge >= 0.3 is 12.1 Å². The van der Waals surface area contributed by atoms with E-state index in [0.29, 0.717) is 44.7 Å². The highest BCUT2D eigenvalue weighted by Gasteiger charge is 2.45. The number of hydrogen-bond acceptors (Lipinski definition) is 6. The third kappa shape index (κ3) is 5.61. The molecule has 0 saturated carbocycles. The van der Waals surface area contributed by atoms with Crippen molar-refractivity contribution in [3.63, 3.8) is 0 Å². The van der Waals surface area contributed by atoms with Gasteiger partial charge in [-0.3, -0.25) is 0 Å². The smallest absolute Gasteiger partial charge is 0.410 e. The number of esters is 1. The molecular formula is C18H30N2O5. The van der Waals surface area contributed by atoms with E-state index < -0.39 is 17.2 Å². The molecule has 0 aliphatic carbocycles. The second-order valence-electron chi connectivity index (χ2n) is 9.09. The number of likely N-dealkylation sites (tertiary alicyclic amines) is 1. The fraction of sp³-hybridized carbons (Fsp3) is 0.833. The monoisotopic (exact) mass is 354 g/mol. The van der Waals surface area contributed by atoms with Gasteiger partial charge in [0.15, 0.2) is 5.71 Å². The summed E-state index contributed by atoms with van der Waals surface area (Å²) in [6, 6.07) is 0. The zero-order chi connectivity index (χ0) is 18.9. The topological polar surface area (TPSA) is 77.4 Å². The van der Waals surface area contributed by atoms with Crippen molar-refractivity contribution in [2.45, 2.75) is 72.0 Å². The Kier molecular flexibility index (Phi) is 5.35. The van der Waals surface area contributed by atoms with Crippen molar-refractivity contribution < 1.29 is 23.9 Å². The first-order valence-electron chi connectivity index (χ1n) is 8.79. The van der Waals surface area contributed by atoms with Crippen LogP contribution >= 0.6 is 0 Å². The zero-order valence-electron chi connectivity index (χ0n) is 16.2. The van der Waals surface area contributed by atoms with Gasteiger partial charge in [0.05, 0.1) is 6.61 Å². The Hall–Kier alpha value is -1.79. The van der Waals surface area contributed by atoms with E-state index in [1.165, 1.54) is 0 Å². The van der Waals surface area contributed by atoms with E-state index in [2.05, 4.69) is 5.16 Å². The van der Waals surface area contributed by atoms with E-state index in [9.17, 15) is 9.59 Å². The molecule has 2 rings (SSSR count). The van der Waals surface area contributed by atoms with Gasteiger partial charge in [0.1, 0.15) is 11.2 Å². The minimum atomic E-state index is -0.511. The summed E-state index contributed by atoms with van der Waals surface area (Å²) >= 11 is 0. The molecule has 7 nitrogen and oxygen atoms in total. The average molecular weight is 354 g/mol. The standard InChI is InChI=1S/C18H30N2O5/c1-16(2,3)12-23-14(21)13-11-18(25-19-13)7-9-20(10-8-18)15(22)24-17(4,5)6/h7-12H2,1-6H3. The molecule has 1 fully saturated rings. The zero-order valence-corrected chi connectivity index (χ0v) is 16.2. The summed E-state index contributed by atoms with van der Waals surface area (Å²) in [6.07, 6.45) is 1.35. The Balaban J connectivity index is 1.83. The maximum atomic E-state index is 12.1. The molecule has 2 aliphatic rings. The van der Waals surface area contributed by atoms with Crippen LogP contribution in [0.1, 0.15) is 60.8 Å². The van der Waals surface area contributed by atoms with E-state index in [1.54, 1.807) is 4.90 Å². The van der Waals surface area contributed by atoms with Gasteiger partial charge in [-0.25, -0.2) is 9.59 Å². The van der Waals surface area contributed by atoms with Gasteiger partial charge in [-0.05, 0) is 26.2 Å². The molecule has 0 atom stereocenters. The van der Waals surface area contributed by atoms with Crippen LogP contribution in [0.4, 0.5) is 4.79 Å². The van der Waals surface area contributed by atoms with Crippen molar-refractivity contribution in [2.75, 3.05) is 19.7 Å². The van der Waals surface area contributed by atoms with E-state index in [4.69, 9.17) is 14.3 Å². The van der Waals surface area contributed by atoms with E-state index in [1.807, 2.05) is 41.5 Å². The minimum absolute atomic E-state index is 0.0911. The highest BCUT2D eigenvalue weighted by molar-refractivity contribution is 6.36. The lowest BCUT2D eigenvalue weighted by Gasteiger charge is -2.37. The number of hydrogen-bond donors (Lipinski definition) is 0. The number of rotatable bonds is 2. The second kappa shape index (κ2) is 6.84. The second-order valence-corrected chi connectivity index (χ2v) is 9.09. The lowest BCUT2D eigenvalue weighted by Crippen LogP contribution is -2.48. The van der Waals surface area contributed by atoms with Crippen LogP contribution in [0.25, 0.3) is 0 Å². The molecule has 1 spiro atoms. The van der Waals surface area contributed by atoms with E-state index in [-0.39, 0.29) is 11.5 Å². The van der Waals surface area contributed by atoms with Gasteiger partial charge < -0.3 is 19.2 Å². The number of amides is 1. The molecule has 2 heterocycles. The lowest BCUT2D eigenvalue weighted by molar-refractivity contribution is -0.138. The molecule has 0 unspecified atom stereocenters. The van der Waals surface area contributed by atoms with Crippen LogP contribution in [-0.2, 0) is 19.1 Å². The molecule has 1 amide bonds. The summed E-state index contributed by atoms with van der Waals surface area (Å²) in [5.74, 6) is -0.415. The number of oxime groups is 1. The molecule has 0 radical (unpaired) electrons. The van der Waals surface area contributed by atoms with Crippen molar-refractivity contribution in [2.24, 2.45) is 10.6 Å². The molecule has 0 aromatic carbocycles. The van der Waals surface area contributed by atoms with Crippen LogP contribution in [-0.4, -0.2) is 53.6 Å². The Morgan fingerprint density at radius 3 is 2.28 bits per heavy atom. The summed E-state index contributed by atoms with van der Waals surface area (Å²) in [5, 5.41) is 3.95. The summed E-state index contributed by atoms with van der Waals surface area (Å²) in [4.78, 5) is 31.5. The van der Waals surface area contributed by atoms with Crippen molar-refractivity contribution >= 4 is 17.8 Å². The van der Waals surface area contributed by atoms with Crippen LogP contribution in [0, 0.1) is 5.41 Å². The Bertz CT molecular complexity index is 549. The van der Waals surface area contributed by atoms with Crippen LogP contribution in [0.3, 0.4) is 0 Å². The first-order valence-corrected chi connectivity index (χ1v) is 8.79. The van der Waals surface area contributed by atoms with Gasteiger partial charge in [-0.2, -0.15) is 0 Å². The molecule has 0 aromatic heterocycles. The number of carbonyl (C=O) groups excluding carboxylic acids is 2. The summed E-state index contributed by atoms with van der Waals surface area (Å²) in [5.41, 5.74) is -0.779. The van der Waals surface area contributed by atoms with Crippen LogP contribution < -0.4 is 0 Å². The van der Waals surface area contributed by atoms with Gasteiger partial charge in [0, 0.05) is 32.4 Å². The molecule has 0 aromatic rings. The molecular weight excluding hydrogens is 324 g/mol. The fourth-order valence-corrected chi connectivity index (χ4v) is 2.69. The van der Waals surface area contributed by atoms with Crippen molar-refractivity contribution in [3.8, 4) is 0 Å². The third-order valence-corrected chi connectivity index (χ3v) is 4.04. The summed E-state index contributed by atoms with van der Waals surface area (Å²) in [6.45, 7) is 12.9. The van der Waals surface area contributed by atoms with Gasteiger partial charge in [-0.15, -0.1) is 0 Å². The normalized spacial score (nSPS) is 20.1. The van der Waals surface area contributed by atoms with E-state index >= 15 is 0 Å². The highest BCUT2D eigenvalue weighted by Crippen LogP contribution is 2.35. The number of carbonyl (C=O) groups is 2. The first kappa shape index (κ1) is 19.5. The lowest BCUT2D eigenvalue weighted by atomic mass is 9.87. The largest absolute Gasteiger partial charge is 0.461 e. The molecule has 142 valence electrons. The van der Waals surface area contributed by atoms with E-state index in [0.717, 1.165) is 0 Å². The van der Waals surface area contributed by atoms with Crippen LogP contribution in [0.15, 0.2) is 5.16 Å². The van der Waals surface area contributed by atoms with Crippen LogP contribution in [0.2, 0.25) is 0 Å². The number of piperidine rings is 1. The van der Waals surface area contributed by atoms with Crippen molar-refractivity contribution in [1.82, 2.24) is 4.90 Å². The molecule has 1 saturated heterocycles. The SMILES string of the molecule is CC(C)(C)COC(=O)C1=NOC2(CCN(C(=O)OC(C)(C)C)CC2)C1. The molecule has 25 heavy (non-hydrogen) atoms. The van der Waals surface area contributed by atoms with Crippen molar-refractivity contribution in [3.05, 3.63) is 0 Å². The Morgan fingerprint density at radius 2 is 1.76 bits per heavy atom. The maximum absolute atomic E-state index is 12.1. The average Bonchev–Trinajstić information content (AvgIpc) is 2.87. The highest BCUT2D eigenvalue weighted by atomic mass is 16.7. The first-order chi connectivity index (χ1) is 11.4. The van der Waals surface area contributed by atoms with Crippen molar-refractivity contribution in [1.29, 1.82) is 0 Å². The predicted octanol–water partition coefficient (Wildman–Crippen LogP) is 3.12. The van der Waals surface area contributed by atoms with Gasteiger partial charge in [0.25, 0.3) is 0 Å². The maximum Gasteiger partial charge on any atom is 0.410 e. The molecule has 0 bridgehead atoms. The fourth-order valence-electron chi connectivity index (χ4n) is 2.69. The van der Waals surface area contributed by atoms with Gasteiger partial charge in [0.2, 0.25) is 0 Å². The molecule has 2 aliphatic heterocycles. The quantitative estimate of drug-likeness (QED) is 0.712. The van der Waals surface area contributed by atoms with Gasteiger partial charge in [-0.1, -0.05) is 25.9 Å². The number of ether oxygens (including phenoxy) is 2. The Labute approximate surface area is 149 Å². The summed E-state index contributed by atoms with van der Waals surface area (Å²) in [7, 11) is 0.